The second kappa shape index (κ2) is 6.51. The Kier molecular flexibility index (Phi) is 4.44. The molecule has 0 bridgehead atoms. The van der Waals surface area contributed by atoms with E-state index in [1.807, 2.05) is 22.9 Å². The highest BCUT2D eigenvalue weighted by atomic mass is 32.1. The quantitative estimate of drug-likeness (QED) is 0.508. The van der Waals surface area contributed by atoms with Gasteiger partial charge in [-0.3, -0.25) is 5.43 Å². The van der Waals surface area contributed by atoms with E-state index < -0.39 is 11.7 Å². The fraction of sp³-hybridized carbons (Fsp3) is 0.0667. The van der Waals surface area contributed by atoms with E-state index in [1.165, 1.54) is 29.7 Å². The molecule has 2 heterocycles. The minimum Gasteiger partial charge on any atom is -0.253 e. The van der Waals surface area contributed by atoms with Crippen molar-refractivity contribution in [1.82, 2.24) is 4.98 Å². The molecule has 23 heavy (non-hydrogen) atoms. The van der Waals surface area contributed by atoms with E-state index in [0.29, 0.717) is 10.7 Å². The van der Waals surface area contributed by atoms with E-state index in [9.17, 15) is 13.2 Å². The van der Waals surface area contributed by atoms with Crippen molar-refractivity contribution < 1.29 is 13.2 Å². The van der Waals surface area contributed by atoms with Gasteiger partial charge in [0.25, 0.3) is 0 Å². The van der Waals surface area contributed by atoms with Gasteiger partial charge in [0.15, 0.2) is 0 Å². The van der Waals surface area contributed by atoms with Gasteiger partial charge in [-0.15, -0.1) is 22.7 Å². The van der Waals surface area contributed by atoms with Crippen LogP contribution in [0.15, 0.2) is 52.3 Å². The summed E-state index contributed by atoms with van der Waals surface area (Å²) in [6, 6.07) is 8.73. The maximum absolute atomic E-state index is 12.5. The lowest BCUT2D eigenvalue weighted by Gasteiger charge is -2.05. The highest BCUT2D eigenvalue weighted by Crippen LogP contribution is 2.29. The standard InChI is InChI=1S/C15H10F3N3S2/c16-15(17,18)11-5-3-10(4-6-11)8-19-21-14-20-12(9-23-14)13-2-1-7-22-13/h1-9H,(H,20,21)/b19-8-. The molecule has 3 rings (SSSR count). The van der Waals surface area contributed by atoms with Crippen molar-refractivity contribution in [1.29, 1.82) is 0 Å². The highest BCUT2D eigenvalue weighted by Gasteiger charge is 2.29. The number of hydrogen-bond donors (Lipinski definition) is 1. The summed E-state index contributed by atoms with van der Waals surface area (Å²) in [5.74, 6) is 0. The molecule has 0 aliphatic heterocycles. The third-order valence-electron chi connectivity index (χ3n) is 2.89. The maximum atomic E-state index is 12.5. The SMILES string of the molecule is FC(F)(F)c1ccc(/C=N\Nc2nc(-c3cccs3)cs2)cc1. The van der Waals surface area contributed by atoms with Crippen molar-refractivity contribution in [2.45, 2.75) is 6.18 Å². The average Bonchev–Trinajstić information content (AvgIpc) is 3.18. The van der Waals surface area contributed by atoms with Gasteiger partial charge in [-0.05, 0) is 29.1 Å². The minimum atomic E-state index is -4.33. The number of alkyl halides is 3. The number of halogens is 3. The monoisotopic (exact) mass is 353 g/mol. The Bertz CT molecular complexity index is 790. The summed E-state index contributed by atoms with van der Waals surface area (Å²) in [7, 11) is 0. The molecular formula is C15H10F3N3S2. The van der Waals surface area contributed by atoms with Crippen molar-refractivity contribution in [2.75, 3.05) is 5.43 Å². The Balaban J connectivity index is 1.63. The van der Waals surface area contributed by atoms with Crippen molar-refractivity contribution in [2.24, 2.45) is 5.10 Å². The summed E-state index contributed by atoms with van der Waals surface area (Å²) < 4.78 is 37.4. The predicted molar refractivity (Wildman–Crippen MR) is 88.1 cm³/mol. The van der Waals surface area contributed by atoms with Crippen LogP contribution in [0, 0.1) is 0 Å². The molecule has 0 fully saturated rings. The van der Waals surface area contributed by atoms with Gasteiger partial charge < -0.3 is 0 Å². The Labute approximate surface area is 138 Å². The molecule has 1 N–H and O–H groups in total. The summed E-state index contributed by atoms with van der Waals surface area (Å²) >= 11 is 3.01. The average molecular weight is 353 g/mol. The van der Waals surface area contributed by atoms with E-state index in [4.69, 9.17) is 0 Å². The fourth-order valence-corrected chi connectivity index (χ4v) is 3.20. The van der Waals surface area contributed by atoms with Gasteiger partial charge in [0, 0.05) is 5.38 Å². The molecule has 0 spiro atoms. The second-order valence-electron chi connectivity index (χ2n) is 4.50. The highest BCUT2D eigenvalue weighted by molar-refractivity contribution is 7.15. The van der Waals surface area contributed by atoms with Gasteiger partial charge >= 0.3 is 6.18 Å². The lowest BCUT2D eigenvalue weighted by molar-refractivity contribution is -0.137. The van der Waals surface area contributed by atoms with Crippen LogP contribution in [0.5, 0.6) is 0 Å². The molecule has 0 aliphatic carbocycles. The number of thiazole rings is 1. The van der Waals surface area contributed by atoms with E-state index in [1.54, 1.807) is 11.3 Å². The van der Waals surface area contributed by atoms with Crippen molar-refractivity contribution in [3.05, 3.63) is 58.3 Å². The molecule has 3 aromatic rings. The van der Waals surface area contributed by atoms with Crippen LogP contribution < -0.4 is 5.43 Å². The van der Waals surface area contributed by atoms with Crippen molar-refractivity contribution in [3.63, 3.8) is 0 Å². The molecular weight excluding hydrogens is 343 g/mol. The van der Waals surface area contributed by atoms with E-state index in [2.05, 4.69) is 15.5 Å². The summed E-state index contributed by atoms with van der Waals surface area (Å²) in [6.45, 7) is 0. The van der Waals surface area contributed by atoms with Crippen LogP contribution in [0.1, 0.15) is 11.1 Å². The van der Waals surface area contributed by atoms with Crippen LogP contribution in [0.4, 0.5) is 18.3 Å². The lowest BCUT2D eigenvalue weighted by atomic mass is 10.1. The van der Waals surface area contributed by atoms with Gasteiger partial charge in [0.1, 0.15) is 0 Å². The van der Waals surface area contributed by atoms with Crippen molar-refractivity contribution >= 4 is 34.0 Å². The van der Waals surface area contributed by atoms with Crippen LogP contribution in [-0.4, -0.2) is 11.2 Å². The summed E-state index contributed by atoms with van der Waals surface area (Å²) in [4.78, 5) is 5.46. The van der Waals surface area contributed by atoms with Crippen molar-refractivity contribution in [3.8, 4) is 10.6 Å². The lowest BCUT2D eigenvalue weighted by Crippen LogP contribution is -2.04. The largest absolute Gasteiger partial charge is 0.416 e. The first kappa shape index (κ1) is 15.7. The molecule has 0 amide bonds. The molecule has 118 valence electrons. The first-order chi connectivity index (χ1) is 11.0. The van der Waals surface area contributed by atoms with E-state index in [0.717, 1.165) is 22.7 Å². The number of benzene rings is 1. The van der Waals surface area contributed by atoms with Gasteiger partial charge in [-0.2, -0.15) is 18.3 Å². The van der Waals surface area contributed by atoms with E-state index >= 15 is 0 Å². The third kappa shape index (κ3) is 3.96. The number of hydrazone groups is 1. The number of hydrogen-bond acceptors (Lipinski definition) is 5. The van der Waals surface area contributed by atoms with Crippen LogP contribution in [0.25, 0.3) is 10.6 Å². The third-order valence-corrected chi connectivity index (χ3v) is 4.53. The molecule has 0 radical (unpaired) electrons. The van der Waals surface area contributed by atoms with Gasteiger partial charge in [-0.1, -0.05) is 18.2 Å². The molecule has 0 unspecified atom stereocenters. The Morgan fingerprint density at radius 2 is 1.87 bits per heavy atom. The number of nitrogens with one attached hydrogen (secondary N) is 1. The zero-order valence-electron chi connectivity index (χ0n) is 11.5. The Morgan fingerprint density at radius 3 is 2.52 bits per heavy atom. The maximum Gasteiger partial charge on any atom is 0.416 e. The number of aromatic nitrogens is 1. The second-order valence-corrected chi connectivity index (χ2v) is 6.31. The summed E-state index contributed by atoms with van der Waals surface area (Å²) in [6.07, 6.45) is -2.88. The van der Waals surface area contributed by atoms with E-state index in [-0.39, 0.29) is 0 Å². The van der Waals surface area contributed by atoms with Crippen LogP contribution in [0.3, 0.4) is 0 Å². The molecule has 8 heteroatoms. The van der Waals surface area contributed by atoms with Crippen LogP contribution in [0.2, 0.25) is 0 Å². The number of rotatable bonds is 4. The topological polar surface area (TPSA) is 37.3 Å². The number of thiophene rings is 1. The first-order valence-corrected chi connectivity index (χ1v) is 8.24. The molecule has 0 saturated heterocycles. The smallest absolute Gasteiger partial charge is 0.253 e. The number of nitrogens with zero attached hydrogens (tertiary/aromatic N) is 2. The molecule has 3 nitrogen and oxygen atoms in total. The molecule has 2 aromatic heterocycles. The molecule has 0 atom stereocenters. The molecule has 1 aromatic carbocycles. The molecule has 0 aliphatic rings. The Morgan fingerprint density at radius 1 is 1.09 bits per heavy atom. The molecule has 0 saturated carbocycles. The van der Waals surface area contributed by atoms with Gasteiger partial charge in [0.2, 0.25) is 5.13 Å². The van der Waals surface area contributed by atoms with Gasteiger partial charge in [-0.25, -0.2) is 4.98 Å². The van der Waals surface area contributed by atoms with Crippen LogP contribution in [-0.2, 0) is 6.18 Å². The zero-order chi connectivity index (χ0) is 16.3. The summed E-state index contributed by atoms with van der Waals surface area (Å²) in [5.41, 5.74) is 3.54. The Hall–Kier alpha value is -2.19. The normalized spacial score (nSPS) is 12.0. The number of anilines is 1. The van der Waals surface area contributed by atoms with Gasteiger partial charge in [0.05, 0.1) is 22.3 Å². The zero-order valence-corrected chi connectivity index (χ0v) is 13.2. The summed E-state index contributed by atoms with van der Waals surface area (Å²) in [5, 5.41) is 8.51. The van der Waals surface area contributed by atoms with Crippen LogP contribution >= 0.6 is 22.7 Å². The fourth-order valence-electron chi connectivity index (χ4n) is 1.78. The minimum absolute atomic E-state index is 0.570. The predicted octanol–water partition coefficient (Wildman–Crippen LogP) is 5.34. The first-order valence-electron chi connectivity index (χ1n) is 6.48.